The predicted octanol–water partition coefficient (Wildman–Crippen LogP) is 2.11. The molecule has 0 fully saturated rings. The summed E-state index contributed by atoms with van der Waals surface area (Å²) in [5.74, 6) is 1.62. The van der Waals surface area contributed by atoms with Crippen LogP contribution in [0.15, 0.2) is 28.8 Å². The standard InChI is InChI=1S/C13H15N3O/c1-9-7-11-12(8-16(9)2)17-13(15-11)10-5-3-4-6-14-10/h3-6,9H,7-8H2,1-2H3. The SMILES string of the molecule is CC1Cc2nc(-c3ccccn3)oc2CN1C. The van der Waals surface area contributed by atoms with E-state index in [2.05, 4.69) is 28.8 Å². The average Bonchev–Trinajstić information content (AvgIpc) is 2.74. The Morgan fingerprint density at radius 2 is 2.29 bits per heavy atom. The third-order valence-electron chi connectivity index (χ3n) is 3.30. The molecular weight excluding hydrogens is 214 g/mol. The maximum absolute atomic E-state index is 5.80. The first-order valence-electron chi connectivity index (χ1n) is 5.84. The van der Waals surface area contributed by atoms with Crippen molar-refractivity contribution in [1.29, 1.82) is 0 Å². The van der Waals surface area contributed by atoms with Crippen LogP contribution in [-0.2, 0) is 13.0 Å². The zero-order chi connectivity index (χ0) is 11.8. The lowest BCUT2D eigenvalue weighted by Gasteiger charge is -2.27. The maximum Gasteiger partial charge on any atom is 0.245 e. The van der Waals surface area contributed by atoms with E-state index in [1.807, 2.05) is 18.2 Å². The first kappa shape index (κ1) is 10.5. The zero-order valence-electron chi connectivity index (χ0n) is 10.1. The Labute approximate surface area is 100 Å². The summed E-state index contributed by atoms with van der Waals surface area (Å²) in [6.45, 7) is 3.04. The van der Waals surface area contributed by atoms with Crippen molar-refractivity contribution < 1.29 is 4.42 Å². The Morgan fingerprint density at radius 1 is 1.41 bits per heavy atom. The van der Waals surface area contributed by atoms with Crippen molar-refractivity contribution in [1.82, 2.24) is 14.9 Å². The number of likely N-dealkylation sites (N-methyl/N-ethyl adjacent to an activating group) is 1. The van der Waals surface area contributed by atoms with Crippen LogP contribution in [0.2, 0.25) is 0 Å². The van der Waals surface area contributed by atoms with Crippen LogP contribution in [0.5, 0.6) is 0 Å². The van der Waals surface area contributed by atoms with Gasteiger partial charge in [-0.2, -0.15) is 0 Å². The summed E-state index contributed by atoms with van der Waals surface area (Å²) in [5.41, 5.74) is 1.88. The summed E-state index contributed by atoms with van der Waals surface area (Å²) in [6.07, 6.45) is 2.70. The Kier molecular flexibility index (Phi) is 2.44. The van der Waals surface area contributed by atoms with Crippen molar-refractivity contribution in [2.45, 2.75) is 25.9 Å². The van der Waals surface area contributed by atoms with Crippen molar-refractivity contribution in [3.63, 3.8) is 0 Å². The minimum atomic E-state index is 0.518. The normalized spacial score (nSPS) is 20.2. The molecule has 4 nitrogen and oxygen atoms in total. The van der Waals surface area contributed by atoms with Gasteiger partial charge >= 0.3 is 0 Å². The van der Waals surface area contributed by atoms with Crippen molar-refractivity contribution in [3.8, 4) is 11.6 Å². The summed E-state index contributed by atoms with van der Waals surface area (Å²) in [4.78, 5) is 11.1. The molecule has 0 amide bonds. The smallest absolute Gasteiger partial charge is 0.245 e. The second-order valence-corrected chi connectivity index (χ2v) is 4.57. The van der Waals surface area contributed by atoms with Crippen LogP contribution in [0.25, 0.3) is 11.6 Å². The van der Waals surface area contributed by atoms with E-state index >= 15 is 0 Å². The quantitative estimate of drug-likeness (QED) is 0.751. The molecule has 0 aliphatic carbocycles. The molecule has 1 atom stereocenters. The molecule has 0 aromatic carbocycles. The van der Waals surface area contributed by atoms with Gasteiger partial charge in [-0.1, -0.05) is 6.07 Å². The summed E-state index contributed by atoms with van der Waals surface area (Å²) in [5, 5.41) is 0. The highest BCUT2D eigenvalue weighted by atomic mass is 16.4. The molecule has 0 saturated heterocycles. The third-order valence-corrected chi connectivity index (χ3v) is 3.30. The summed E-state index contributed by atoms with van der Waals surface area (Å²) < 4.78 is 5.80. The number of nitrogens with zero attached hydrogens (tertiary/aromatic N) is 3. The molecular formula is C13H15N3O. The van der Waals surface area contributed by atoms with Gasteiger partial charge in [-0.25, -0.2) is 4.98 Å². The molecule has 0 N–H and O–H groups in total. The number of pyridine rings is 1. The molecule has 4 heteroatoms. The van der Waals surface area contributed by atoms with E-state index in [-0.39, 0.29) is 0 Å². The lowest BCUT2D eigenvalue weighted by atomic mass is 10.1. The van der Waals surface area contributed by atoms with Crippen LogP contribution in [0.1, 0.15) is 18.4 Å². The first-order valence-corrected chi connectivity index (χ1v) is 5.84. The van der Waals surface area contributed by atoms with Gasteiger partial charge in [0.2, 0.25) is 5.89 Å². The molecule has 2 aromatic rings. The summed E-state index contributed by atoms with van der Waals surface area (Å²) in [6, 6.07) is 6.27. The lowest BCUT2D eigenvalue weighted by molar-refractivity contribution is 0.208. The molecule has 88 valence electrons. The lowest BCUT2D eigenvalue weighted by Crippen LogP contribution is -2.34. The minimum absolute atomic E-state index is 0.518. The fourth-order valence-corrected chi connectivity index (χ4v) is 2.08. The highest BCUT2D eigenvalue weighted by molar-refractivity contribution is 5.47. The van der Waals surface area contributed by atoms with E-state index in [9.17, 15) is 0 Å². The Bertz CT molecular complexity index is 493. The van der Waals surface area contributed by atoms with Gasteiger partial charge in [0, 0.05) is 18.7 Å². The average molecular weight is 229 g/mol. The summed E-state index contributed by atoms with van der Waals surface area (Å²) in [7, 11) is 2.11. The van der Waals surface area contributed by atoms with E-state index < -0.39 is 0 Å². The molecule has 0 radical (unpaired) electrons. The van der Waals surface area contributed by atoms with Gasteiger partial charge in [0.25, 0.3) is 0 Å². The number of rotatable bonds is 1. The predicted molar refractivity (Wildman–Crippen MR) is 64.4 cm³/mol. The van der Waals surface area contributed by atoms with E-state index in [1.165, 1.54) is 0 Å². The van der Waals surface area contributed by atoms with E-state index in [4.69, 9.17) is 4.42 Å². The molecule has 1 aliphatic heterocycles. The van der Waals surface area contributed by atoms with Gasteiger partial charge in [-0.05, 0) is 26.1 Å². The number of hydrogen-bond acceptors (Lipinski definition) is 4. The van der Waals surface area contributed by atoms with Crippen LogP contribution >= 0.6 is 0 Å². The minimum Gasteiger partial charge on any atom is -0.438 e. The monoisotopic (exact) mass is 229 g/mol. The van der Waals surface area contributed by atoms with Gasteiger partial charge in [-0.3, -0.25) is 9.88 Å². The number of aromatic nitrogens is 2. The van der Waals surface area contributed by atoms with E-state index in [1.54, 1.807) is 6.20 Å². The molecule has 1 aliphatic rings. The zero-order valence-corrected chi connectivity index (χ0v) is 10.1. The maximum atomic E-state index is 5.80. The number of oxazole rings is 1. The van der Waals surface area contributed by atoms with Crippen LogP contribution in [0.4, 0.5) is 0 Å². The number of fused-ring (bicyclic) bond motifs is 1. The topological polar surface area (TPSA) is 42.2 Å². The highest BCUT2D eigenvalue weighted by Gasteiger charge is 2.25. The van der Waals surface area contributed by atoms with Crippen molar-refractivity contribution in [2.24, 2.45) is 0 Å². The van der Waals surface area contributed by atoms with Crippen molar-refractivity contribution in [2.75, 3.05) is 7.05 Å². The molecule has 0 bridgehead atoms. The number of hydrogen-bond donors (Lipinski definition) is 0. The van der Waals surface area contributed by atoms with Crippen LogP contribution < -0.4 is 0 Å². The first-order chi connectivity index (χ1) is 8.24. The van der Waals surface area contributed by atoms with Gasteiger partial charge in [0.15, 0.2) is 0 Å². The second kappa shape index (κ2) is 3.96. The van der Waals surface area contributed by atoms with Crippen molar-refractivity contribution >= 4 is 0 Å². The molecule has 0 saturated carbocycles. The second-order valence-electron chi connectivity index (χ2n) is 4.57. The third kappa shape index (κ3) is 1.85. The molecule has 0 spiro atoms. The molecule has 17 heavy (non-hydrogen) atoms. The Balaban J connectivity index is 1.98. The van der Waals surface area contributed by atoms with E-state index in [0.717, 1.165) is 30.1 Å². The van der Waals surface area contributed by atoms with Gasteiger partial charge in [-0.15, -0.1) is 0 Å². The molecule has 2 aromatic heterocycles. The van der Waals surface area contributed by atoms with Crippen LogP contribution in [-0.4, -0.2) is 28.0 Å². The molecule has 1 unspecified atom stereocenters. The fraction of sp³-hybridized carbons (Fsp3) is 0.385. The van der Waals surface area contributed by atoms with Crippen molar-refractivity contribution in [3.05, 3.63) is 35.9 Å². The Hall–Kier alpha value is -1.68. The van der Waals surface area contributed by atoms with Crippen LogP contribution in [0, 0.1) is 0 Å². The molecule has 3 heterocycles. The Morgan fingerprint density at radius 3 is 3.06 bits per heavy atom. The van der Waals surface area contributed by atoms with Gasteiger partial charge in [0.1, 0.15) is 11.5 Å². The van der Waals surface area contributed by atoms with E-state index in [0.29, 0.717) is 11.9 Å². The fourth-order valence-electron chi connectivity index (χ4n) is 2.08. The van der Waals surface area contributed by atoms with Gasteiger partial charge in [0.05, 0.1) is 12.2 Å². The van der Waals surface area contributed by atoms with Crippen LogP contribution in [0.3, 0.4) is 0 Å². The largest absolute Gasteiger partial charge is 0.438 e. The van der Waals surface area contributed by atoms with Gasteiger partial charge < -0.3 is 4.42 Å². The highest BCUT2D eigenvalue weighted by Crippen LogP contribution is 2.26. The summed E-state index contributed by atoms with van der Waals surface area (Å²) >= 11 is 0. The molecule has 3 rings (SSSR count).